The van der Waals surface area contributed by atoms with E-state index < -0.39 is 18.0 Å². The Morgan fingerprint density at radius 2 is 1.83 bits per heavy atom. The fourth-order valence-electron chi connectivity index (χ4n) is 2.09. The zero-order valence-corrected chi connectivity index (χ0v) is 15.5. The maximum Gasteiger partial charge on any atom is 0.395 e. The van der Waals surface area contributed by atoms with Crippen LogP contribution >= 0.6 is 15.9 Å². The highest BCUT2D eigenvalue weighted by molar-refractivity contribution is 9.10. The second-order valence-electron chi connectivity index (χ2n) is 5.70. The molecule has 1 rings (SSSR count). The van der Waals surface area contributed by atoms with Crippen LogP contribution in [0.1, 0.15) is 32.8 Å². The van der Waals surface area contributed by atoms with Gasteiger partial charge in [-0.2, -0.15) is 13.2 Å². The van der Waals surface area contributed by atoms with Crippen LogP contribution in [0.15, 0.2) is 47.1 Å². The van der Waals surface area contributed by atoms with Gasteiger partial charge in [0.05, 0.1) is 22.2 Å². The normalized spacial score (nSPS) is 16.9. The van der Waals surface area contributed by atoms with Crippen LogP contribution in [0.5, 0.6) is 0 Å². The SMILES string of the molecule is CCC(C)C(/C=C(/N=Cc1ccccc1)C(=N)C(C)Br)C(F)(F)F. The van der Waals surface area contributed by atoms with Gasteiger partial charge >= 0.3 is 6.18 Å². The van der Waals surface area contributed by atoms with E-state index in [1.165, 1.54) is 6.21 Å². The number of allylic oxidation sites excluding steroid dienone is 2. The Kier molecular flexibility index (Phi) is 7.87. The number of nitrogens with zero attached hydrogens (tertiary/aromatic N) is 1. The van der Waals surface area contributed by atoms with E-state index in [-0.39, 0.29) is 16.2 Å². The molecular formula is C18H22BrF3N2. The van der Waals surface area contributed by atoms with Crippen molar-refractivity contribution in [2.45, 2.75) is 38.2 Å². The fourth-order valence-corrected chi connectivity index (χ4v) is 2.33. The minimum atomic E-state index is -4.36. The fraction of sp³-hybridized carbons (Fsp3) is 0.444. The Morgan fingerprint density at radius 1 is 1.25 bits per heavy atom. The second kappa shape index (κ2) is 9.16. The Balaban J connectivity index is 3.25. The molecule has 3 unspecified atom stereocenters. The molecule has 0 saturated heterocycles. The van der Waals surface area contributed by atoms with Gasteiger partial charge in [0.2, 0.25) is 0 Å². The van der Waals surface area contributed by atoms with Crippen LogP contribution in [0.3, 0.4) is 0 Å². The van der Waals surface area contributed by atoms with Crippen molar-refractivity contribution in [3.63, 3.8) is 0 Å². The summed E-state index contributed by atoms with van der Waals surface area (Å²) in [5.41, 5.74) is 0.844. The molecule has 6 heteroatoms. The average molecular weight is 403 g/mol. The van der Waals surface area contributed by atoms with E-state index in [1.54, 1.807) is 32.9 Å². The summed E-state index contributed by atoms with van der Waals surface area (Å²) < 4.78 is 40.1. The standard InChI is InChI=1S/C18H22BrF3N2/c1-4-12(2)15(18(20,21)22)10-16(17(23)13(3)19)24-11-14-8-6-5-7-9-14/h5-13,15,23H,4H2,1-3H3/b16-10+,23-17?,24-11?. The van der Waals surface area contributed by atoms with E-state index in [9.17, 15) is 13.2 Å². The summed E-state index contributed by atoms with van der Waals surface area (Å²) in [7, 11) is 0. The van der Waals surface area contributed by atoms with Crippen LogP contribution in [0.4, 0.5) is 13.2 Å². The Labute approximate surface area is 149 Å². The summed E-state index contributed by atoms with van der Waals surface area (Å²) in [6.45, 7) is 4.98. The van der Waals surface area contributed by atoms with E-state index in [1.807, 2.05) is 18.2 Å². The summed E-state index contributed by atoms with van der Waals surface area (Å²) >= 11 is 3.24. The average Bonchev–Trinajstić information content (AvgIpc) is 2.53. The van der Waals surface area contributed by atoms with E-state index in [0.29, 0.717) is 6.42 Å². The lowest BCUT2D eigenvalue weighted by molar-refractivity contribution is -0.172. The van der Waals surface area contributed by atoms with Crippen LogP contribution in [0.25, 0.3) is 0 Å². The topological polar surface area (TPSA) is 36.2 Å². The quantitative estimate of drug-likeness (QED) is 0.427. The molecule has 24 heavy (non-hydrogen) atoms. The zero-order valence-electron chi connectivity index (χ0n) is 13.9. The first kappa shape index (κ1) is 20.6. The van der Waals surface area contributed by atoms with Crippen molar-refractivity contribution < 1.29 is 13.2 Å². The number of hydrogen-bond acceptors (Lipinski definition) is 2. The van der Waals surface area contributed by atoms with Crippen molar-refractivity contribution in [1.82, 2.24) is 0 Å². The highest BCUT2D eigenvalue weighted by Crippen LogP contribution is 2.35. The third kappa shape index (κ3) is 6.23. The van der Waals surface area contributed by atoms with E-state index in [0.717, 1.165) is 11.6 Å². The maximum absolute atomic E-state index is 13.4. The summed E-state index contributed by atoms with van der Waals surface area (Å²) in [4.78, 5) is 3.78. The minimum absolute atomic E-state index is 0.0275. The molecule has 0 aliphatic rings. The summed E-state index contributed by atoms with van der Waals surface area (Å²) in [6.07, 6.45) is -1.40. The molecule has 0 saturated carbocycles. The number of alkyl halides is 4. The van der Waals surface area contributed by atoms with Crippen LogP contribution in [0.2, 0.25) is 0 Å². The third-order valence-electron chi connectivity index (χ3n) is 3.80. The van der Waals surface area contributed by atoms with Crippen LogP contribution in [-0.2, 0) is 0 Å². The second-order valence-corrected chi connectivity index (χ2v) is 7.08. The molecule has 0 amide bonds. The van der Waals surface area contributed by atoms with Gasteiger partial charge < -0.3 is 5.41 Å². The van der Waals surface area contributed by atoms with Gasteiger partial charge in [-0.3, -0.25) is 4.99 Å². The van der Waals surface area contributed by atoms with Crippen molar-refractivity contribution in [2.24, 2.45) is 16.8 Å². The third-order valence-corrected chi connectivity index (χ3v) is 4.26. The van der Waals surface area contributed by atoms with Gasteiger partial charge in [0.15, 0.2) is 0 Å². The molecule has 3 atom stereocenters. The van der Waals surface area contributed by atoms with Crippen LogP contribution < -0.4 is 0 Å². The summed E-state index contributed by atoms with van der Waals surface area (Å²) in [6, 6.07) is 9.09. The number of aliphatic imine (C=N–C) groups is 1. The smallest absolute Gasteiger partial charge is 0.302 e. The Hall–Kier alpha value is -1.43. The molecule has 0 bridgehead atoms. The maximum atomic E-state index is 13.4. The number of halogens is 4. The molecule has 2 nitrogen and oxygen atoms in total. The van der Waals surface area contributed by atoms with Crippen LogP contribution in [-0.4, -0.2) is 22.9 Å². The first-order valence-electron chi connectivity index (χ1n) is 7.77. The Morgan fingerprint density at radius 3 is 2.29 bits per heavy atom. The van der Waals surface area contributed by atoms with Gasteiger partial charge in [0.25, 0.3) is 0 Å². The number of nitrogens with one attached hydrogen (secondary N) is 1. The molecular weight excluding hydrogens is 381 g/mol. The lowest BCUT2D eigenvalue weighted by Crippen LogP contribution is -2.28. The molecule has 0 spiro atoms. The first-order chi connectivity index (χ1) is 11.2. The van der Waals surface area contributed by atoms with Crippen molar-refractivity contribution in [3.8, 4) is 0 Å². The van der Waals surface area contributed by atoms with Gasteiger partial charge in [-0.1, -0.05) is 66.5 Å². The highest BCUT2D eigenvalue weighted by atomic mass is 79.9. The Bertz CT molecular complexity index is 592. The van der Waals surface area contributed by atoms with Crippen molar-refractivity contribution in [2.75, 3.05) is 0 Å². The molecule has 0 heterocycles. The van der Waals surface area contributed by atoms with Gasteiger partial charge in [-0.05, 0) is 24.5 Å². The number of hydrogen-bond donors (Lipinski definition) is 1. The molecule has 1 aromatic rings. The van der Waals surface area contributed by atoms with Crippen molar-refractivity contribution in [1.29, 1.82) is 5.41 Å². The molecule has 0 aliphatic carbocycles. The lowest BCUT2D eigenvalue weighted by Gasteiger charge is -2.23. The predicted octanol–water partition coefficient (Wildman–Crippen LogP) is 6.02. The monoisotopic (exact) mass is 402 g/mol. The summed E-state index contributed by atoms with van der Waals surface area (Å²) in [5.74, 6) is -2.21. The minimum Gasteiger partial charge on any atom is -0.302 e. The molecule has 0 aromatic heterocycles. The largest absolute Gasteiger partial charge is 0.395 e. The van der Waals surface area contributed by atoms with E-state index >= 15 is 0 Å². The van der Waals surface area contributed by atoms with E-state index in [4.69, 9.17) is 5.41 Å². The molecule has 0 aliphatic heterocycles. The van der Waals surface area contributed by atoms with E-state index in [2.05, 4.69) is 20.9 Å². The predicted molar refractivity (Wildman–Crippen MR) is 97.2 cm³/mol. The number of benzene rings is 1. The first-order valence-corrected chi connectivity index (χ1v) is 8.68. The molecule has 1 aromatic carbocycles. The van der Waals surface area contributed by atoms with Gasteiger partial charge in [0.1, 0.15) is 0 Å². The number of rotatable bonds is 7. The molecule has 132 valence electrons. The van der Waals surface area contributed by atoms with Gasteiger partial charge in [0, 0.05) is 6.21 Å². The molecule has 0 fully saturated rings. The van der Waals surface area contributed by atoms with Crippen LogP contribution in [0, 0.1) is 17.2 Å². The summed E-state index contributed by atoms with van der Waals surface area (Å²) in [5, 5.41) is 8.07. The van der Waals surface area contributed by atoms with Gasteiger partial charge in [-0.25, -0.2) is 0 Å². The van der Waals surface area contributed by atoms with Gasteiger partial charge in [-0.15, -0.1) is 0 Å². The zero-order chi connectivity index (χ0) is 18.3. The highest BCUT2D eigenvalue weighted by Gasteiger charge is 2.41. The molecule has 1 N–H and O–H groups in total. The van der Waals surface area contributed by atoms with Crippen molar-refractivity contribution >= 4 is 27.9 Å². The van der Waals surface area contributed by atoms with Crippen molar-refractivity contribution in [3.05, 3.63) is 47.7 Å². The lowest BCUT2D eigenvalue weighted by atomic mass is 9.89. The molecule has 0 radical (unpaired) electrons.